The number of piperazine rings is 1. The highest BCUT2D eigenvalue weighted by Crippen LogP contribution is 2.04. The Morgan fingerprint density at radius 3 is 2.44 bits per heavy atom. The van der Waals surface area contributed by atoms with Crippen LogP contribution in [-0.4, -0.2) is 80.6 Å². The summed E-state index contributed by atoms with van der Waals surface area (Å²) in [6.07, 6.45) is 0. The van der Waals surface area contributed by atoms with Crippen molar-refractivity contribution in [3.63, 3.8) is 0 Å². The molecule has 0 saturated carbocycles. The molecule has 5 nitrogen and oxygen atoms in total. The van der Waals surface area contributed by atoms with E-state index in [0.29, 0.717) is 0 Å². The summed E-state index contributed by atoms with van der Waals surface area (Å²) in [5.74, 6) is 0. The first-order chi connectivity index (χ1) is 7.69. The molecule has 0 bridgehead atoms. The van der Waals surface area contributed by atoms with Gasteiger partial charge in [0.05, 0.1) is 0 Å². The minimum absolute atomic E-state index is 0.163. The van der Waals surface area contributed by atoms with Crippen LogP contribution in [-0.2, 0) is 0 Å². The van der Waals surface area contributed by atoms with Gasteiger partial charge >= 0.3 is 6.03 Å². The number of urea groups is 1. The number of likely N-dealkylation sites (N-methyl/N-ethyl adjacent to an activating group) is 1. The highest BCUT2D eigenvalue weighted by molar-refractivity contribution is 5.74. The summed E-state index contributed by atoms with van der Waals surface area (Å²) in [6.45, 7) is 8.56. The molecule has 0 aromatic heterocycles. The lowest BCUT2D eigenvalue weighted by Crippen LogP contribution is -2.52. The van der Waals surface area contributed by atoms with E-state index >= 15 is 0 Å². The highest BCUT2D eigenvalue weighted by Gasteiger charge is 2.22. The van der Waals surface area contributed by atoms with Gasteiger partial charge in [-0.2, -0.15) is 0 Å². The molecule has 1 heterocycles. The summed E-state index contributed by atoms with van der Waals surface area (Å²) in [5, 5.41) is 3.15. The van der Waals surface area contributed by atoms with Crippen LogP contribution in [0.25, 0.3) is 0 Å². The van der Waals surface area contributed by atoms with Gasteiger partial charge in [0.25, 0.3) is 0 Å². The van der Waals surface area contributed by atoms with Crippen LogP contribution in [0.1, 0.15) is 6.92 Å². The molecule has 0 atom stereocenters. The zero-order valence-corrected chi connectivity index (χ0v) is 10.7. The van der Waals surface area contributed by atoms with Crippen molar-refractivity contribution in [3.8, 4) is 0 Å². The maximum absolute atomic E-state index is 11.9. The fourth-order valence-corrected chi connectivity index (χ4v) is 1.81. The minimum Gasteiger partial charge on any atom is -0.328 e. The summed E-state index contributed by atoms with van der Waals surface area (Å²) < 4.78 is 0. The van der Waals surface area contributed by atoms with Crippen LogP contribution < -0.4 is 5.32 Å². The third-order valence-electron chi connectivity index (χ3n) is 3.12. The largest absolute Gasteiger partial charge is 0.328 e. The molecule has 0 aromatic carbocycles. The number of nitrogens with zero attached hydrogens (tertiary/aromatic N) is 3. The number of carbonyl (C=O) groups is 1. The third kappa shape index (κ3) is 3.64. The van der Waals surface area contributed by atoms with Crippen molar-refractivity contribution in [1.82, 2.24) is 20.0 Å². The second-order valence-electron chi connectivity index (χ2n) is 4.23. The molecule has 0 aromatic rings. The molecule has 0 spiro atoms. The molecule has 0 unspecified atom stereocenters. The van der Waals surface area contributed by atoms with Gasteiger partial charge in [0.1, 0.15) is 0 Å². The Labute approximate surface area is 98.4 Å². The molecular formula is C11H24N4O. The summed E-state index contributed by atoms with van der Waals surface area (Å²) >= 11 is 0. The normalized spacial score (nSPS) is 17.6. The van der Waals surface area contributed by atoms with Gasteiger partial charge in [0.15, 0.2) is 0 Å². The molecule has 5 heteroatoms. The van der Waals surface area contributed by atoms with Gasteiger partial charge in [-0.3, -0.25) is 4.90 Å². The van der Waals surface area contributed by atoms with Gasteiger partial charge in [-0.15, -0.1) is 0 Å². The average Bonchev–Trinajstić information content (AvgIpc) is 2.35. The third-order valence-corrected chi connectivity index (χ3v) is 3.12. The van der Waals surface area contributed by atoms with Crippen molar-refractivity contribution in [2.24, 2.45) is 0 Å². The summed E-state index contributed by atoms with van der Waals surface area (Å²) in [4.78, 5) is 18.0. The number of hydrogen-bond donors (Lipinski definition) is 1. The predicted molar refractivity (Wildman–Crippen MR) is 65.6 cm³/mol. The van der Waals surface area contributed by atoms with Crippen molar-refractivity contribution >= 4 is 6.03 Å². The van der Waals surface area contributed by atoms with Crippen molar-refractivity contribution in [2.75, 3.05) is 59.9 Å². The van der Waals surface area contributed by atoms with Crippen molar-refractivity contribution in [2.45, 2.75) is 6.92 Å². The second kappa shape index (κ2) is 6.70. The lowest BCUT2D eigenvalue weighted by atomic mass is 10.3. The van der Waals surface area contributed by atoms with E-state index in [1.807, 2.05) is 25.9 Å². The van der Waals surface area contributed by atoms with Crippen LogP contribution in [0.15, 0.2) is 0 Å². The highest BCUT2D eigenvalue weighted by atomic mass is 16.2. The summed E-state index contributed by atoms with van der Waals surface area (Å²) in [6, 6.07) is 0.163. The zero-order chi connectivity index (χ0) is 12.0. The molecule has 1 fully saturated rings. The first-order valence-corrected chi connectivity index (χ1v) is 6.06. The average molecular weight is 228 g/mol. The summed E-state index contributed by atoms with van der Waals surface area (Å²) in [7, 11) is 3.83. The molecule has 1 rings (SSSR count). The first-order valence-electron chi connectivity index (χ1n) is 6.06. The zero-order valence-electron chi connectivity index (χ0n) is 10.7. The Morgan fingerprint density at radius 2 is 1.94 bits per heavy atom. The number of hydrogen-bond acceptors (Lipinski definition) is 3. The van der Waals surface area contributed by atoms with Gasteiger partial charge in [0, 0.05) is 52.9 Å². The van der Waals surface area contributed by atoms with E-state index in [1.165, 1.54) is 0 Å². The molecule has 1 saturated heterocycles. The van der Waals surface area contributed by atoms with E-state index in [4.69, 9.17) is 0 Å². The molecule has 94 valence electrons. The van der Waals surface area contributed by atoms with Crippen LogP contribution in [0.2, 0.25) is 0 Å². The van der Waals surface area contributed by atoms with Crippen molar-refractivity contribution < 1.29 is 4.79 Å². The number of rotatable bonds is 4. The molecule has 2 amide bonds. The monoisotopic (exact) mass is 228 g/mol. The fraction of sp³-hybridized carbons (Fsp3) is 0.909. The maximum Gasteiger partial charge on any atom is 0.319 e. The smallest absolute Gasteiger partial charge is 0.319 e. The Kier molecular flexibility index (Phi) is 5.55. The Balaban J connectivity index is 2.28. The van der Waals surface area contributed by atoms with E-state index in [-0.39, 0.29) is 6.03 Å². The minimum atomic E-state index is 0.163. The number of carbonyl (C=O) groups excluding carboxylic acids is 1. The molecule has 16 heavy (non-hydrogen) atoms. The van der Waals surface area contributed by atoms with E-state index in [2.05, 4.69) is 10.2 Å². The van der Waals surface area contributed by atoms with E-state index in [0.717, 1.165) is 45.8 Å². The Hall–Kier alpha value is -0.810. The quantitative estimate of drug-likeness (QED) is 0.730. The SMILES string of the molecule is CCN(C)C(=O)N1CCN(CCNC)CC1. The Morgan fingerprint density at radius 1 is 1.31 bits per heavy atom. The molecule has 0 radical (unpaired) electrons. The number of amides is 2. The first kappa shape index (κ1) is 13.3. The molecule has 1 aliphatic rings. The van der Waals surface area contributed by atoms with Crippen LogP contribution in [0.5, 0.6) is 0 Å². The van der Waals surface area contributed by atoms with Crippen LogP contribution in [0.3, 0.4) is 0 Å². The van der Waals surface area contributed by atoms with Crippen LogP contribution in [0.4, 0.5) is 4.79 Å². The van der Waals surface area contributed by atoms with Crippen molar-refractivity contribution in [1.29, 1.82) is 0 Å². The molecular weight excluding hydrogens is 204 g/mol. The summed E-state index contributed by atoms with van der Waals surface area (Å²) in [5.41, 5.74) is 0. The Bertz CT molecular complexity index is 214. The van der Waals surface area contributed by atoms with Crippen LogP contribution in [0, 0.1) is 0 Å². The second-order valence-corrected chi connectivity index (χ2v) is 4.23. The number of nitrogens with one attached hydrogen (secondary N) is 1. The van der Waals surface area contributed by atoms with Gasteiger partial charge in [0.2, 0.25) is 0 Å². The van der Waals surface area contributed by atoms with Crippen molar-refractivity contribution in [3.05, 3.63) is 0 Å². The van der Waals surface area contributed by atoms with Gasteiger partial charge in [-0.25, -0.2) is 4.79 Å². The predicted octanol–water partition coefficient (Wildman–Crippen LogP) is -0.105. The van der Waals surface area contributed by atoms with E-state index in [9.17, 15) is 4.79 Å². The molecule has 0 aliphatic carbocycles. The van der Waals surface area contributed by atoms with E-state index < -0.39 is 0 Å². The molecule has 1 N–H and O–H groups in total. The van der Waals surface area contributed by atoms with Gasteiger partial charge in [-0.1, -0.05) is 0 Å². The standard InChI is InChI=1S/C11H24N4O/c1-4-13(3)11(16)15-9-7-14(8-10-15)6-5-12-2/h12H,4-10H2,1-3H3. The van der Waals surface area contributed by atoms with Crippen LogP contribution >= 0.6 is 0 Å². The van der Waals surface area contributed by atoms with Gasteiger partial charge < -0.3 is 15.1 Å². The van der Waals surface area contributed by atoms with E-state index in [1.54, 1.807) is 4.90 Å². The lowest BCUT2D eigenvalue weighted by Gasteiger charge is -2.36. The topological polar surface area (TPSA) is 38.8 Å². The molecule has 1 aliphatic heterocycles. The van der Waals surface area contributed by atoms with Gasteiger partial charge in [-0.05, 0) is 14.0 Å². The maximum atomic E-state index is 11.9. The lowest BCUT2D eigenvalue weighted by molar-refractivity contribution is 0.120. The fourth-order valence-electron chi connectivity index (χ4n) is 1.81.